The number of phenolic OH excluding ortho intramolecular Hbond substituents is 1. The van der Waals surface area contributed by atoms with Crippen LogP contribution in [0.1, 0.15) is 34.7 Å². The van der Waals surface area contributed by atoms with E-state index in [1.54, 1.807) is 19.2 Å². The molecule has 0 unspecified atom stereocenters. The summed E-state index contributed by atoms with van der Waals surface area (Å²) in [6.45, 7) is 0. The minimum absolute atomic E-state index is 0.0887. The second kappa shape index (κ2) is 4.09. The quantitative estimate of drug-likeness (QED) is 0.647. The number of benzene rings is 2. The first kappa shape index (κ1) is 13.0. The van der Waals surface area contributed by atoms with Gasteiger partial charge in [0.05, 0.1) is 7.11 Å². The molecule has 2 aliphatic rings. The Kier molecular flexibility index (Phi) is 2.31. The number of methoxy groups -OCH3 is 1. The summed E-state index contributed by atoms with van der Waals surface area (Å²) in [6, 6.07) is 11.3. The third kappa shape index (κ3) is 1.49. The van der Waals surface area contributed by atoms with E-state index < -0.39 is 5.60 Å². The van der Waals surface area contributed by atoms with Crippen LogP contribution >= 0.6 is 0 Å². The molecular formula is C19H17NO3. The second-order valence-corrected chi connectivity index (χ2v) is 6.56. The second-order valence-electron chi connectivity index (χ2n) is 6.56. The van der Waals surface area contributed by atoms with Crippen molar-refractivity contribution in [3.63, 3.8) is 0 Å². The van der Waals surface area contributed by atoms with Crippen molar-refractivity contribution in [2.45, 2.75) is 24.4 Å². The standard InChI is InChI=1S/C19H17NO3/c1-23-11-3-5-15-13(9-11)17-16(20-15)6-7-19(22)14-4-2-10(21)8-12(14)18(17)19/h2-5,8-9,18,20-22H,6-7H2,1H3/t18-,19+/m0/s1. The number of hydrogen-bond acceptors (Lipinski definition) is 3. The van der Waals surface area contributed by atoms with Crippen LogP contribution in [0.25, 0.3) is 10.9 Å². The maximum atomic E-state index is 11.2. The van der Waals surface area contributed by atoms with E-state index in [0.29, 0.717) is 6.42 Å². The Morgan fingerprint density at radius 1 is 1.22 bits per heavy atom. The summed E-state index contributed by atoms with van der Waals surface area (Å²) in [5, 5.41) is 22.1. The summed E-state index contributed by atoms with van der Waals surface area (Å²) in [6.07, 6.45) is 1.52. The molecule has 2 aromatic carbocycles. The Hall–Kier alpha value is -2.46. The van der Waals surface area contributed by atoms with Gasteiger partial charge in [-0.25, -0.2) is 0 Å². The highest BCUT2D eigenvalue weighted by atomic mass is 16.5. The molecule has 3 aromatic rings. The van der Waals surface area contributed by atoms with Gasteiger partial charge in [-0.2, -0.15) is 0 Å². The molecule has 0 radical (unpaired) electrons. The van der Waals surface area contributed by atoms with Crippen molar-refractivity contribution in [3.05, 3.63) is 58.8 Å². The van der Waals surface area contributed by atoms with Crippen molar-refractivity contribution in [2.75, 3.05) is 7.11 Å². The Balaban J connectivity index is 1.80. The first-order valence-electron chi connectivity index (χ1n) is 7.86. The summed E-state index contributed by atoms with van der Waals surface area (Å²) >= 11 is 0. The number of hydrogen-bond donors (Lipinski definition) is 3. The van der Waals surface area contributed by atoms with Crippen LogP contribution in [-0.2, 0) is 12.0 Å². The summed E-state index contributed by atoms with van der Waals surface area (Å²) in [4.78, 5) is 3.49. The minimum atomic E-state index is -0.825. The van der Waals surface area contributed by atoms with E-state index in [0.717, 1.165) is 39.8 Å². The fraction of sp³-hybridized carbons (Fsp3) is 0.263. The smallest absolute Gasteiger partial charge is 0.119 e. The van der Waals surface area contributed by atoms with E-state index in [4.69, 9.17) is 4.74 Å². The van der Waals surface area contributed by atoms with Gasteiger partial charge in [0.15, 0.2) is 0 Å². The third-order valence-corrected chi connectivity index (χ3v) is 5.46. The highest BCUT2D eigenvalue weighted by Crippen LogP contribution is 2.60. The average Bonchev–Trinajstić information content (AvgIpc) is 2.90. The van der Waals surface area contributed by atoms with Gasteiger partial charge < -0.3 is 19.9 Å². The highest BCUT2D eigenvalue weighted by Gasteiger charge is 2.54. The molecule has 2 aliphatic carbocycles. The lowest BCUT2D eigenvalue weighted by Crippen LogP contribution is -2.47. The summed E-state index contributed by atoms with van der Waals surface area (Å²) < 4.78 is 5.36. The van der Waals surface area contributed by atoms with Gasteiger partial charge in [0, 0.05) is 22.5 Å². The van der Waals surface area contributed by atoms with Crippen molar-refractivity contribution in [3.8, 4) is 11.5 Å². The molecule has 0 amide bonds. The fourth-order valence-electron chi connectivity index (χ4n) is 4.41. The number of fused-ring (bicyclic) bond motifs is 8. The molecule has 0 aliphatic heterocycles. The van der Waals surface area contributed by atoms with E-state index in [-0.39, 0.29) is 11.7 Å². The molecule has 1 heterocycles. The van der Waals surface area contributed by atoms with Gasteiger partial charge in [-0.3, -0.25) is 0 Å². The lowest BCUT2D eigenvalue weighted by molar-refractivity contribution is -0.0214. The van der Waals surface area contributed by atoms with Gasteiger partial charge in [0.25, 0.3) is 0 Å². The molecule has 2 atom stereocenters. The topological polar surface area (TPSA) is 65.5 Å². The summed E-state index contributed by atoms with van der Waals surface area (Å²) in [5.41, 5.74) is 4.53. The van der Waals surface area contributed by atoms with Crippen molar-refractivity contribution >= 4 is 10.9 Å². The first-order valence-corrected chi connectivity index (χ1v) is 7.86. The number of aryl methyl sites for hydroxylation is 1. The Labute approximate surface area is 133 Å². The third-order valence-electron chi connectivity index (χ3n) is 5.46. The fourth-order valence-corrected chi connectivity index (χ4v) is 4.41. The molecule has 4 nitrogen and oxygen atoms in total. The van der Waals surface area contributed by atoms with E-state index in [1.807, 2.05) is 24.3 Å². The zero-order valence-electron chi connectivity index (χ0n) is 12.8. The van der Waals surface area contributed by atoms with Gasteiger partial charge in [-0.15, -0.1) is 0 Å². The van der Waals surface area contributed by atoms with Gasteiger partial charge >= 0.3 is 0 Å². The summed E-state index contributed by atoms with van der Waals surface area (Å²) in [5.74, 6) is 0.966. The Morgan fingerprint density at radius 2 is 2.09 bits per heavy atom. The van der Waals surface area contributed by atoms with Gasteiger partial charge in [0.1, 0.15) is 17.1 Å². The normalized spacial score (nSPS) is 24.5. The first-order chi connectivity index (χ1) is 11.1. The predicted molar refractivity (Wildman–Crippen MR) is 87.0 cm³/mol. The summed E-state index contributed by atoms with van der Waals surface area (Å²) in [7, 11) is 1.66. The zero-order chi connectivity index (χ0) is 15.8. The van der Waals surface area contributed by atoms with E-state index >= 15 is 0 Å². The molecule has 5 rings (SSSR count). The van der Waals surface area contributed by atoms with Gasteiger partial charge in [0.2, 0.25) is 0 Å². The Morgan fingerprint density at radius 3 is 2.91 bits per heavy atom. The number of phenols is 1. The zero-order valence-corrected chi connectivity index (χ0v) is 12.8. The number of H-pyrrole nitrogens is 1. The van der Waals surface area contributed by atoms with Crippen LogP contribution in [-0.4, -0.2) is 22.3 Å². The van der Waals surface area contributed by atoms with E-state index in [2.05, 4.69) is 4.98 Å². The number of nitrogens with one attached hydrogen (secondary N) is 1. The molecule has 0 bridgehead atoms. The average molecular weight is 307 g/mol. The number of ether oxygens (including phenoxy) is 1. The molecule has 0 fully saturated rings. The lowest BCUT2D eigenvalue weighted by Gasteiger charge is -2.50. The molecule has 23 heavy (non-hydrogen) atoms. The van der Waals surface area contributed by atoms with Gasteiger partial charge in [-0.1, -0.05) is 6.07 Å². The van der Waals surface area contributed by atoms with Crippen LogP contribution in [0.5, 0.6) is 11.5 Å². The van der Waals surface area contributed by atoms with Crippen LogP contribution in [0.2, 0.25) is 0 Å². The number of aromatic hydroxyl groups is 1. The molecule has 116 valence electrons. The molecule has 1 aromatic heterocycles. The van der Waals surface area contributed by atoms with Crippen LogP contribution < -0.4 is 4.74 Å². The van der Waals surface area contributed by atoms with Gasteiger partial charge in [-0.05, 0) is 59.9 Å². The van der Waals surface area contributed by atoms with Crippen molar-refractivity contribution in [2.24, 2.45) is 0 Å². The van der Waals surface area contributed by atoms with Crippen LogP contribution in [0.3, 0.4) is 0 Å². The molecule has 4 heteroatoms. The Bertz CT molecular complexity index is 959. The maximum Gasteiger partial charge on any atom is 0.119 e. The molecule has 0 saturated carbocycles. The minimum Gasteiger partial charge on any atom is -0.508 e. The van der Waals surface area contributed by atoms with Crippen molar-refractivity contribution in [1.82, 2.24) is 4.98 Å². The van der Waals surface area contributed by atoms with E-state index in [9.17, 15) is 10.2 Å². The molecule has 3 N–H and O–H groups in total. The van der Waals surface area contributed by atoms with E-state index in [1.165, 1.54) is 5.69 Å². The van der Waals surface area contributed by atoms with Crippen LogP contribution in [0, 0.1) is 0 Å². The lowest BCUT2D eigenvalue weighted by atomic mass is 9.57. The SMILES string of the molecule is COc1ccc2[nH]c3c(c2c1)[C@@H]1c2cc(O)ccc2[C@]1(O)CC3. The maximum absolute atomic E-state index is 11.2. The highest BCUT2D eigenvalue weighted by molar-refractivity contribution is 5.88. The van der Waals surface area contributed by atoms with Crippen LogP contribution in [0.15, 0.2) is 36.4 Å². The van der Waals surface area contributed by atoms with Crippen LogP contribution in [0.4, 0.5) is 0 Å². The van der Waals surface area contributed by atoms with Crippen molar-refractivity contribution in [1.29, 1.82) is 0 Å². The largest absolute Gasteiger partial charge is 0.508 e. The molecule has 0 spiro atoms. The monoisotopic (exact) mass is 307 g/mol. The molecule has 0 saturated heterocycles. The number of rotatable bonds is 1. The number of aromatic nitrogens is 1. The van der Waals surface area contributed by atoms with Crippen molar-refractivity contribution < 1.29 is 14.9 Å². The predicted octanol–water partition coefficient (Wildman–Crippen LogP) is 3.16. The molecular weight excluding hydrogens is 290 g/mol. The number of aromatic amines is 1. The number of aliphatic hydroxyl groups is 1.